The summed E-state index contributed by atoms with van der Waals surface area (Å²) >= 11 is 0. The number of nitrogens with one attached hydrogen (secondary N) is 2. The van der Waals surface area contributed by atoms with Gasteiger partial charge in [-0.05, 0) is 25.0 Å². The minimum atomic E-state index is -0.925. The topological polar surface area (TPSA) is 74.2 Å². The predicted molar refractivity (Wildman–Crippen MR) is 78.4 cm³/mol. The second-order valence-electron chi connectivity index (χ2n) is 5.22. The third-order valence-electron chi connectivity index (χ3n) is 3.39. The Labute approximate surface area is 124 Å². The molecule has 0 spiro atoms. The first-order valence-electron chi connectivity index (χ1n) is 6.62. The van der Waals surface area contributed by atoms with Gasteiger partial charge < -0.3 is 15.4 Å². The molecule has 6 heteroatoms. The van der Waals surface area contributed by atoms with E-state index in [4.69, 9.17) is 10.00 Å². The third-order valence-corrected chi connectivity index (χ3v) is 3.39. The molecule has 1 amide bonds. The van der Waals surface area contributed by atoms with E-state index in [1.807, 2.05) is 13.8 Å². The van der Waals surface area contributed by atoms with Gasteiger partial charge in [-0.1, -0.05) is 13.8 Å². The lowest BCUT2D eigenvalue weighted by atomic mass is 9.90. The van der Waals surface area contributed by atoms with Crippen LogP contribution >= 0.6 is 0 Å². The fourth-order valence-electron chi connectivity index (χ4n) is 1.62. The van der Waals surface area contributed by atoms with Crippen LogP contribution in [0.3, 0.4) is 0 Å². The number of carbonyl (C=O) groups is 1. The van der Waals surface area contributed by atoms with Crippen molar-refractivity contribution >= 4 is 11.6 Å². The summed E-state index contributed by atoms with van der Waals surface area (Å²) in [7, 11) is 1.42. The highest BCUT2D eigenvalue weighted by Gasteiger charge is 2.29. The van der Waals surface area contributed by atoms with Gasteiger partial charge in [-0.25, -0.2) is 4.39 Å². The van der Waals surface area contributed by atoms with Crippen LogP contribution in [0.25, 0.3) is 0 Å². The smallest absolute Gasteiger partial charge is 0.240 e. The Bertz CT molecular complexity index is 554. The number of carbonyl (C=O) groups excluding carboxylic acids is 1. The first-order valence-corrected chi connectivity index (χ1v) is 6.62. The molecule has 0 bridgehead atoms. The monoisotopic (exact) mass is 293 g/mol. The number of amides is 1. The summed E-state index contributed by atoms with van der Waals surface area (Å²) in [6.45, 7) is 5.36. The van der Waals surface area contributed by atoms with Crippen molar-refractivity contribution in [1.29, 1.82) is 5.26 Å². The Kier molecular flexibility index (Phi) is 5.53. The third kappa shape index (κ3) is 4.35. The van der Waals surface area contributed by atoms with Crippen molar-refractivity contribution < 1.29 is 13.9 Å². The van der Waals surface area contributed by atoms with Crippen LogP contribution in [0.15, 0.2) is 18.2 Å². The fourth-order valence-corrected chi connectivity index (χ4v) is 1.62. The van der Waals surface area contributed by atoms with E-state index in [-0.39, 0.29) is 18.4 Å². The van der Waals surface area contributed by atoms with Crippen molar-refractivity contribution in [2.45, 2.75) is 26.3 Å². The van der Waals surface area contributed by atoms with E-state index in [9.17, 15) is 9.18 Å². The quantitative estimate of drug-likeness (QED) is 0.844. The van der Waals surface area contributed by atoms with Crippen LogP contribution in [0.2, 0.25) is 0 Å². The molecule has 0 aromatic heterocycles. The molecule has 5 nitrogen and oxygen atoms in total. The number of benzene rings is 1. The van der Waals surface area contributed by atoms with E-state index in [0.717, 1.165) is 0 Å². The van der Waals surface area contributed by atoms with Crippen molar-refractivity contribution in [3.8, 4) is 11.8 Å². The van der Waals surface area contributed by atoms with E-state index in [0.29, 0.717) is 11.4 Å². The summed E-state index contributed by atoms with van der Waals surface area (Å²) in [6, 6.07) is 6.10. The largest absolute Gasteiger partial charge is 0.494 e. The molecule has 0 saturated carbocycles. The van der Waals surface area contributed by atoms with Gasteiger partial charge in [0.05, 0.1) is 25.4 Å². The molecule has 1 rings (SSSR count). The van der Waals surface area contributed by atoms with Crippen LogP contribution in [0.5, 0.6) is 5.75 Å². The van der Waals surface area contributed by atoms with Gasteiger partial charge in [0.1, 0.15) is 17.1 Å². The zero-order valence-corrected chi connectivity index (χ0v) is 12.7. The van der Waals surface area contributed by atoms with Gasteiger partial charge in [0.25, 0.3) is 0 Å². The van der Waals surface area contributed by atoms with E-state index in [1.165, 1.54) is 25.3 Å². The van der Waals surface area contributed by atoms with E-state index in [1.54, 1.807) is 6.92 Å². The lowest BCUT2D eigenvalue weighted by Gasteiger charge is -2.27. The average Bonchev–Trinajstić information content (AvgIpc) is 2.45. The number of anilines is 1. The molecule has 0 saturated heterocycles. The maximum absolute atomic E-state index is 13.1. The molecular weight excluding hydrogens is 273 g/mol. The zero-order chi connectivity index (χ0) is 16.0. The van der Waals surface area contributed by atoms with Crippen molar-refractivity contribution in [2.75, 3.05) is 19.0 Å². The molecule has 21 heavy (non-hydrogen) atoms. The van der Waals surface area contributed by atoms with Gasteiger partial charge in [-0.2, -0.15) is 5.26 Å². The molecule has 114 valence electrons. The summed E-state index contributed by atoms with van der Waals surface area (Å²) in [4.78, 5) is 11.9. The van der Waals surface area contributed by atoms with Gasteiger partial charge in [0.2, 0.25) is 5.91 Å². The van der Waals surface area contributed by atoms with Gasteiger partial charge >= 0.3 is 0 Å². The molecule has 0 heterocycles. The van der Waals surface area contributed by atoms with Crippen LogP contribution in [-0.2, 0) is 4.79 Å². The Morgan fingerprint density at radius 3 is 2.71 bits per heavy atom. The first kappa shape index (κ1) is 16.8. The Hall–Kier alpha value is -2.29. The van der Waals surface area contributed by atoms with Gasteiger partial charge in [-0.3, -0.25) is 4.79 Å². The maximum Gasteiger partial charge on any atom is 0.240 e. The van der Waals surface area contributed by atoms with Crippen LogP contribution in [0.1, 0.15) is 20.8 Å². The molecule has 1 aromatic rings. The van der Waals surface area contributed by atoms with Crippen LogP contribution in [-0.4, -0.2) is 25.1 Å². The molecule has 0 aliphatic rings. The van der Waals surface area contributed by atoms with E-state index < -0.39 is 11.4 Å². The van der Waals surface area contributed by atoms with Crippen LogP contribution < -0.4 is 15.4 Å². The first-order chi connectivity index (χ1) is 9.82. The van der Waals surface area contributed by atoms with Crippen LogP contribution in [0, 0.1) is 23.1 Å². The molecular formula is C15H20FN3O2. The second-order valence-corrected chi connectivity index (χ2v) is 5.22. The van der Waals surface area contributed by atoms with Gasteiger partial charge in [0.15, 0.2) is 0 Å². The highest BCUT2D eigenvalue weighted by molar-refractivity contribution is 5.82. The second kappa shape index (κ2) is 6.93. The highest BCUT2D eigenvalue weighted by atomic mass is 19.1. The summed E-state index contributed by atoms with van der Waals surface area (Å²) < 4.78 is 18.1. The lowest BCUT2D eigenvalue weighted by Crippen LogP contribution is -2.50. The molecule has 1 unspecified atom stereocenters. The molecule has 0 radical (unpaired) electrons. The number of ether oxygens (including phenoxy) is 1. The molecule has 0 aliphatic carbocycles. The summed E-state index contributed by atoms with van der Waals surface area (Å²) in [5.41, 5.74) is -0.414. The lowest BCUT2D eigenvalue weighted by molar-refractivity contribution is -0.121. The number of nitrogens with zero attached hydrogens (tertiary/aromatic N) is 1. The number of methoxy groups -OCH3 is 1. The summed E-state index contributed by atoms with van der Waals surface area (Å²) in [6.07, 6.45) is 0. The summed E-state index contributed by atoms with van der Waals surface area (Å²) in [5, 5.41) is 14.7. The van der Waals surface area contributed by atoms with Crippen LogP contribution in [0.4, 0.5) is 10.1 Å². The molecule has 0 aliphatic heterocycles. The number of hydrogen-bond acceptors (Lipinski definition) is 4. The molecule has 1 atom stereocenters. The van der Waals surface area contributed by atoms with Crippen molar-refractivity contribution in [3.63, 3.8) is 0 Å². The van der Waals surface area contributed by atoms with Crippen molar-refractivity contribution in [3.05, 3.63) is 24.0 Å². The molecule has 1 aromatic carbocycles. The number of hydrogen-bond donors (Lipinski definition) is 2. The normalized spacial score (nSPS) is 13.2. The standard InChI is InChI=1S/C15H20FN3O2/c1-10(2)15(3,9-17)19-14(20)8-18-12-6-5-11(16)7-13(12)21-4/h5-7,10,18H,8H2,1-4H3,(H,19,20). The fraction of sp³-hybridized carbons (Fsp3) is 0.467. The minimum Gasteiger partial charge on any atom is -0.494 e. The Balaban J connectivity index is 2.68. The average molecular weight is 293 g/mol. The van der Waals surface area contributed by atoms with Crippen molar-refractivity contribution in [2.24, 2.45) is 5.92 Å². The predicted octanol–water partition coefficient (Wildman–Crippen LogP) is 2.30. The van der Waals surface area contributed by atoms with Crippen molar-refractivity contribution in [1.82, 2.24) is 5.32 Å². The minimum absolute atomic E-state index is 0.0215. The molecule has 0 fully saturated rings. The Morgan fingerprint density at radius 1 is 1.52 bits per heavy atom. The number of rotatable bonds is 6. The maximum atomic E-state index is 13.1. The number of nitriles is 1. The SMILES string of the molecule is COc1cc(F)ccc1NCC(=O)NC(C)(C#N)C(C)C. The highest BCUT2D eigenvalue weighted by Crippen LogP contribution is 2.24. The number of halogens is 1. The van der Waals surface area contributed by atoms with Gasteiger partial charge in [0, 0.05) is 6.07 Å². The van der Waals surface area contributed by atoms with E-state index in [2.05, 4.69) is 16.7 Å². The molecule has 2 N–H and O–H groups in total. The van der Waals surface area contributed by atoms with Gasteiger partial charge in [-0.15, -0.1) is 0 Å². The Morgan fingerprint density at radius 2 is 2.19 bits per heavy atom. The summed E-state index contributed by atoms with van der Waals surface area (Å²) in [5.74, 6) is -0.445. The van der Waals surface area contributed by atoms with E-state index >= 15 is 0 Å². The zero-order valence-electron chi connectivity index (χ0n) is 12.7.